The molecule has 1 heterocycles. The zero-order valence-electron chi connectivity index (χ0n) is 7.61. The van der Waals surface area contributed by atoms with Crippen LogP contribution in [0.1, 0.15) is 5.56 Å². The third kappa shape index (κ3) is 2.60. The minimum absolute atomic E-state index is 0.259. The fourth-order valence-corrected chi connectivity index (χ4v) is 2.66. The highest BCUT2D eigenvalue weighted by molar-refractivity contribution is 8.13. The molecule has 0 aromatic heterocycles. The maximum absolute atomic E-state index is 12.8. The van der Waals surface area contributed by atoms with Crippen LogP contribution in [-0.4, -0.2) is 20.3 Å². The molecule has 1 aromatic carbocycles. The van der Waals surface area contributed by atoms with E-state index in [1.807, 2.05) is 0 Å². The number of halogens is 2. The van der Waals surface area contributed by atoms with Crippen LogP contribution < -0.4 is 4.74 Å². The van der Waals surface area contributed by atoms with Crippen LogP contribution in [-0.2, 0) is 15.5 Å². The topological polar surface area (TPSA) is 43.4 Å². The Balaban J connectivity index is 2.16. The van der Waals surface area contributed by atoms with Crippen molar-refractivity contribution >= 4 is 19.7 Å². The van der Waals surface area contributed by atoms with Crippen molar-refractivity contribution in [3.05, 3.63) is 29.6 Å². The lowest BCUT2D eigenvalue weighted by Crippen LogP contribution is -2.22. The Morgan fingerprint density at radius 3 is 2.93 bits per heavy atom. The molecule has 0 bridgehead atoms. The summed E-state index contributed by atoms with van der Waals surface area (Å²) in [4.78, 5) is 0. The van der Waals surface area contributed by atoms with Crippen molar-refractivity contribution in [3.63, 3.8) is 0 Å². The molecule has 15 heavy (non-hydrogen) atoms. The zero-order valence-corrected chi connectivity index (χ0v) is 9.18. The molecule has 1 unspecified atom stereocenters. The Bertz CT molecular complexity index is 486. The molecule has 0 saturated heterocycles. The molecule has 2 rings (SSSR count). The maximum atomic E-state index is 12.8. The predicted molar refractivity (Wildman–Crippen MR) is 54.2 cm³/mol. The summed E-state index contributed by atoms with van der Waals surface area (Å²) in [5, 5.41) is 0. The minimum atomic E-state index is -3.58. The van der Waals surface area contributed by atoms with Gasteiger partial charge in [-0.1, -0.05) is 0 Å². The van der Waals surface area contributed by atoms with Gasteiger partial charge in [0.15, 0.2) is 0 Å². The predicted octanol–water partition coefficient (Wildman–Crippen LogP) is 1.70. The van der Waals surface area contributed by atoms with Gasteiger partial charge in [0.05, 0.1) is 0 Å². The van der Waals surface area contributed by atoms with E-state index >= 15 is 0 Å². The standard InChI is InChI=1S/C9H8ClFO3S/c10-15(12,13)5-8-4-6-3-7(11)1-2-9(6)14-8/h1-3,8H,4-5H2. The van der Waals surface area contributed by atoms with Crippen LogP contribution in [0.3, 0.4) is 0 Å². The Hall–Kier alpha value is -0.810. The van der Waals surface area contributed by atoms with E-state index in [4.69, 9.17) is 15.4 Å². The van der Waals surface area contributed by atoms with E-state index in [2.05, 4.69) is 0 Å². The van der Waals surface area contributed by atoms with Gasteiger partial charge >= 0.3 is 0 Å². The monoisotopic (exact) mass is 250 g/mol. The van der Waals surface area contributed by atoms with E-state index in [9.17, 15) is 12.8 Å². The quantitative estimate of drug-likeness (QED) is 0.751. The lowest BCUT2D eigenvalue weighted by Gasteiger charge is -2.07. The third-order valence-electron chi connectivity index (χ3n) is 2.15. The third-order valence-corrected chi connectivity index (χ3v) is 3.30. The molecule has 1 aliphatic heterocycles. The Morgan fingerprint density at radius 1 is 1.53 bits per heavy atom. The van der Waals surface area contributed by atoms with Crippen LogP contribution in [0.5, 0.6) is 5.75 Å². The molecular formula is C9H8ClFO3S. The van der Waals surface area contributed by atoms with Crippen molar-refractivity contribution < 1.29 is 17.5 Å². The molecule has 6 heteroatoms. The van der Waals surface area contributed by atoms with E-state index in [0.29, 0.717) is 17.7 Å². The Morgan fingerprint density at radius 2 is 2.27 bits per heavy atom. The molecule has 3 nitrogen and oxygen atoms in total. The van der Waals surface area contributed by atoms with Crippen LogP contribution in [0.25, 0.3) is 0 Å². The largest absolute Gasteiger partial charge is 0.489 e. The number of ether oxygens (including phenoxy) is 1. The second-order valence-electron chi connectivity index (χ2n) is 3.40. The van der Waals surface area contributed by atoms with E-state index in [-0.39, 0.29) is 11.6 Å². The van der Waals surface area contributed by atoms with E-state index < -0.39 is 15.2 Å². The van der Waals surface area contributed by atoms with Gasteiger partial charge in [-0.05, 0) is 18.2 Å². The van der Waals surface area contributed by atoms with Crippen LogP contribution >= 0.6 is 10.7 Å². The minimum Gasteiger partial charge on any atom is -0.489 e. The van der Waals surface area contributed by atoms with Gasteiger partial charge in [-0.3, -0.25) is 0 Å². The summed E-state index contributed by atoms with van der Waals surface area (Å²) in [6.07, 6.45) is -0.136. The van der Waals surface area contributed by atoms with Gasteiger partial charge in [-0.25, -0.2) is 12.8 Å². The van der Waals surface area contributed by atoms with Crippen molar-refractivity contribution in [2.75, 3.05) is 5.75 Å². The average Bonchev–Trinajstić information content (AvgIpc) is 2.42. The summed E-state index contributed by atoms with van der Waals surface area (Å²) in [6.45, 7) is 0. The molecular weight excluding hydrogens is 243 g/mol. The second-order valence-corrected chi connectivity index (χ2v) is 6.22. The summed E-state index contributed by atoms with van der Waals surface area (Å²) < 4.78 is 39.8. The van der Waals surface area contributed by atoms with Gasteiger partial charge in [0.1, 0.15) is 23.4 Å². The maximum Gasteiger partial charge on any atom is 0.236 e. The van der Waals surface area contributed by atoms with Gasteiger partial charge in [0.25, 0.3) is 0 Å². The summed E-state index contributed by atoms with van der Waals surface area (Å²) >= 11 is 0. The van der Waals surface area contributed by atoms with Crippen molar-refractivity contribution in [1.82, 2.24) is 0 Å². The summed E-state index contributed by atoms with van der Waals surface area (Å²) in [5.41, 5.74) is 0.681. The molecule has 0 fully saturated rings. The van der Waals surface area contributed by atoms with E-state index in [1.165, 1.54) is 18.2 Å². The van der Waals surface area contributed by atoms with Gasteiger partial charge < -0.3 is 4.74 Å². The molecule has 1 atom stereocenters. The van der Waals surface area contributed by atoms with E-state index in [0.717, 1.165) is 0 Å². The normalized spacial score (nSPS) is 19.7. The number of benzene rings is 1. The summed E-state index contributed by atoms with van der Waals surface area (Å²) in [7, 11) is 1.52. The van der Waals surface area contributed by atoms with Crippen LogP contribution in [0.2, 0.25) is 0 Å². The SMILES string of the molecule is O=S(=O)(Cl)CC1Cc2cc(F)ccc2O1. The van der Waals surface area contributed by atoms with Crippen LogP contribution in [0.4, 0.5) is 4.39 Å². The van der Waals surface area contributed by atoms with Crippen molar-refractivity contribution in [3.8, 4) is 5.75 Å². The molecule has 0 aliphatic carbocycles. The van der Waals surface area contributed by atoms with Gasteiger partial charge in [0, 0.05) is 22.7 Å². The number of fused-ring (bicyclic) bond motifs is 1. The molecule has 0 amide bonds. The molecule has 1 aliphatic rings. The summed E-state index contributed by atoms with van der Waals surface area (Å²) in [5.74, 6) is -0.0846. The Labute approximate surface area is 91.2 Å². The highest BCUT2D eigenvalue weighted by Gasteiger charge is 2.27. The molecule has 0 radical (unpaired) electrons. The first kappa shape index (κ1) is 10.7. The number of hydrogen-bond acceptors (Lipinski definition) is 3. The zero-order chi connectivity index (χ0) is 11.1. The first-order valence-electron chi connectivity index (χ1n) is 4.31. The van der Waals surface area contributed by atoms with Gasteiger partial charge in [-0.2, -0.15) is 0 Å². The molecule has 0 saturated carbocycles. The second kappa shape index (κ2) is 3.64. The first-order chi connectivity index (χ1) is 6.94. The molecule has 82 valence electrons. The fraction of sp³-hybridized carbons (Fsp3) is 0.333. The van der Waals surface area contributed by atoms with Crippen molar-refractivity contribution in [1.29, 1.82) is 0 Å². The van der Waals surface area contributed by atoms with Crippen molar-refractivity contribution in [2.24, 2.45) is 0 Å². The van der Waals surface area contributed by atoms with E-state index in [1.54, 1.807) is 0 Å². The lowest BCUT2D eigenvalue weighted by atomic mass is 10.1. The van der Waals surface area contributed by atoms with Crippen LogP contribution in [0.15, 0.2) is 18.2 Å². The van der Waals surface area contributed by atoms with Gasteiger partial charge in [0.2, 0.25) is 9.05 Å². The first-order valence-corrected chi connectivity index (χ1v) is 6.79. The Kier molecular flexibility index (Phi) is 2.60. The molecule has 0 spiro atoms. The molecule has 0 N–H and O–H groups in total. The highest BCUT2D eigenvalue weighted by Crippen LogP contribution is 2.30. The number of rotatable bonds is 2. The average molecular weight is 251 g/mol. The highest BCUT2D eigenvalue weighted by atomic mass is 35.7. The molecule has 1 aromatic rings. The van der Waals surface area contributed by atoms with Crippen molar-refractivity contribution in [2.45, 2.75) is 12.5 Å². The lowest BCUT2D eigenvalue weighted by molar-refractivity contribution is 0.257. The fourth-order valence-electron chi connectivity index (χ4n) is 1.60. The smallest absolute Gasteiger partial charge is 0.236 e. The van der Waals surface area contributed by atoms with Crippen LogP contribution in [0, 0.1) is 5.82 Å². The summed E-state index contributed by atoms with van der Waals surface area (Å²) in [6, 6.07) is 4.11. The van der Waals surface area contributed by atoms with Gasteiger partial charge in [-0.15, -0.1) is 0 Å². The number of hydrogen-bond donors (Lipinski definition) is 0.